The van der Waals surface area contributed by atoms with E-state index >= 15 is 0 Å². The number of amides is 1. The summed E-state index contributed by atoms with van der Waals surface area (Å²) in [4.78, 5) is 16.7. The number of para-hydroxylation sites is 1. The van der Waals surface area contributed by atoms with Crippen LogP contribution in [0, 0.1) is 6.92 Å². The predicted octanol–water partition coefficient (Wildman–Crippen LogP) is 4.78. The Labute approximate surface area is 153 Å². The van der Waals surface area contributed by atoms with Gasteiger partial charge in [0, 0.05) is 0 Å². The summed E-state index contributed by atoms with van der Waals surface area (Å²) >= 11 is 4.19. The SMILES string of the molecule is Cc1c(Br)c(C(F)(F)F)nn1C(C)C(=O)Nc1nc2ccccc2s1. The molecule has 1 unspecified atom stereocenters. The number of carbonyl (C=O) groups excluding carboxylic acids is 1. The van der Waals surface area contributed by atoms with Crippen molar-refractivity contribution in [3.8, 4) is 0 Å². The Morgan fingerprint density at radius 2 is 2.04 bits per heavy atom. The minimum Gasteiger partial charge on any atom is -0.300 e. The third kappa shape index (κ3) is 3.40. The highest BCUT2D eigenvalue weighted by Gasteiger charge is 2.39. The minimum absolute atomic E-state index is 0.167. The summed E-state index contributed by atoms with van der Waals surface area (Å²) in [5.41, 5.74) is -0.0864. The van der Waals surface area contributed by atoms with Crippen molar-refractivity contribution in [2.75, 3.05) is 5.32 Å². The van der Waals surface area contributed by atoms with Crippen LogP contribution in [-0.4, -0.2) is 20.7 Å². The average Bonchev–Trinajstić information content (AvgIpc) is 3.07. The smallest absolute Gasteiger partial charge is 0.300 e. The predicted molar refractivity (Wildman–Crippen MR) is 92.6 cm³/mol. The quantitative estimate of drug-likeness (QED) is 0.647. The molecule has 0 radical (unpaired) electrons. The molecule has 0 bridgehead atoms. The number of hydrogen-bond acceptors (Lipinski definition) is 4. The fraction of sp³-hybridized carbons (Fsp3) is 0.267. The second kappa shape index (κ2) is 6.41. The summed E-state index contributed by atoms with van der Waals surface area (Å²) in [5.74, 6) is -0.495. The first-order chi connectivity index (χ1) is 11.7. The van der Waals surface area contributed by atoms with Crippen LogP contribution in [0.25, 0.3) is 10.2 Å². The van der Waals surface area contributed by atoms with Gasteiger partial charge >= 0.3 is 6.18 Å². The zero-order valence-electron chi connectivity index (χ0n) is 13.1. The maximum atomic E-state index is 13.0. The van der Waals surface area contributed by atoms with Crippen LogP contribution in [0.2, 0.25) is 0 Å². The first-order valence-electron chi connectivity index (χ1n) is 7.16. The van der Waals surface area contributed by atoms with E-state index in [-0.39, 0.29) is 10.2 Å². The lowest BCUT2D eigenvalue weighted by Gasteiger charge is -2.13. The summed E-state index contributed by atoms with van der Waals surface area (Å²) in [6.07, 6.45) is -4.60. The van der Waals surface area contributed by atoms with Crippen LogP contribution in [0.3, 0.4) is 0 Å². The van der Waals surface area contributed by atoms with Crippen LogP contribution in [0.4, 0.5) is 18.3 Å². The number of carbonyl (C=O) groups is 1. The molecule has 25 heavy (non-hydrogen) atoms. The first-order valence-corrected chi connectivity index (χ1v) is 8.77. The molecule has 10 heteroatoms. The molecule has 0 saturated carbocycles. The van der Waals surface area contributed by atoms with Gasteiger partial charge in [0.2, 0.25) is 0 Å². The summed E-state index contributed by atoms with van der Waals surface area (Å²) in [6.45, 7) is 2.95. The number of benzene rings is 1. The Balaban J connectivity index is 1.85. The lowest BCUT2D eigenvalue weighted by Crippen LogP contribution is -2.25. The van der Waals surface area contributed by atoms with Crippen LogP contribution in [0.5, 0.6) is 0 Å². The van der Waals surface area contributed by atoms with E-state index in [2.05, 4.69) is 31.3 Å². The van der Waals surface area contributed by atoms with Gasteiger partial charge in [0.05, 0.1) is 20.4 Å². The number of rotatable bonds is 3. The molecule has 5 nitrogen and oxygen atoms in total. The van der Waals surface area contributed by atoms with Gasteiger partial charge in [-0.1, -0.05) is 23.5 Å². The van der Waals surface area contributed by atoms with Gasteiger partial charge in [-0.15, -0.1) is 0 Å². The number of alkyl halides is 3. The number of aromatic nitrogens is 3. The number of hydrogen-bond donors (Lipinski definition) is 1. The summed E-state index contributed by atoms with van der Waals surface area (Å²) in [5, 5.41) is 6.58. The Kier molecular flexibility index (Phi) is 4.58. The van der Waals surface area contributed by atoms with Gasteiger partial charge in [0.25, 0.3) is 5.91 Å². The molecule has 1 amide bonds. The van der Waals surface area contributed by atoms with E-state index in [0.29, 0.717) is 5.13 Å². The van der Waals surface area contributed by atoms with E-state index in [1.54, 1.807) is 0 Å². The zero-order valence-corrected chi connectivity index (χ0v) is 15.5. The summed E-state index contributed by atoms with van der Waals surface area (Å²) < 4.78 is 40.7. The second-order valence-electron chi connectivity index (χ2n) is 5.34. The standard InChI is InChI=1S/C15H12BrF3N4OS/c1-7-11(16)12(15(17,18)19)22-23(7)8(2)13(24)21-14-20-9-5-3-4-6-10(9)25-14/h3-6,8H,1-2H3,(H,20,21,24). The number of thiazole rings is 1. The van der Waals surface area contributed by atoms with E-state index in [0.717, 1.165) is 14.9 Å². The lowest BCUT2D eigenvalue weighted by molar-refractivity contribution is -0.142. The molecule has 2 heterocycles. The fourth-order valence-corrected chi connectivity index (χ4v) is 3.66. The van der Waals surface area contributed by atoms with E-state index in [1.807, 2.05) is 24.3 Å². The van der Waals surface area contributed by atoms with Gasteiger partial charge in [-0.2, -0.15) is 18.3 Å². The highest BCUT2D eigenvalue weighted by molar-refractivity contribution is 9.10. The summed E-state index contributed by atoms with van der Waals surface area (Å²) in [7, 11) is 0. The maximum Gasteiger partial charge on any atom is 0.436 e. The van der Waals surface area contributed by atoms with Gasteiger partial charge in [0.1, 0.15) is 6.04 Å². The highest BCUT2D eigenvalue weighted by Crippen LogP contribution is 2.36. The molecular weight excluding hydrogens is 421 g/mol. The molecule has 1 aromatic carbocycles. The molecular formula is C15H12BrF3N4OS. The van der Waals surface area contributed by atoms with Crippen molar-refractivity contribution in [3.63, 3.8) is 0 Å². The van der Waals surface area contributed by atoms with E-state index in [9.17, 15) is 18.0 Å². The van der Waals surface area contributed by atoms with Crippen molar-refractivity contribution in [1.29, 1.82) is 0 Å². The van der Waals surface area contributed by atoms with Crippen molar-refractivity contribution in [2.45, 2.75) is 26.1 Å². The van der Waals surface area contributed by atoms with Gasteiger partial charge in [-0.05, 0) is 41.9 Å². The van der Waals surface area contributed by atoms with Gasteiger partial charge in [-0.3, -0.25) is 9.48 Å². The number of nitrogens with zero attached hydrogens (tertiary/aromatic N) is 3. The van der Waals surface area contributed by atoms with Crippen molar-refractivity contribution >= 4 is 48.5 Å². The minimum atomic E-state index is -4.60. The number of fused-ring (bicyclic) bond motifs is 1. The van der Waals surface area contributed by atoms with Crippen molar-refractivity contribution in [1.82, 2.24) is 14.8 Å². The Morgan fingerprint density at radius 3 is 2.64 bits per heavy atom. The van der Waals surface area contributed by atoms with Crippen molar-refractivity contribution in [3.05, 3.63) is 40.1 Å². The van der Waals surface area contributed by atoms with Crippen molar-refractivity contribution in [2.24, 2.45) is 0 Å². The molecule has 2 aromatic heterocycles. The Morgan fingerprint density at radius 1 is 1.36 bits per heavy atom. The van der Waals surface area contributed by atoms with E-state index < -0.39 is 23.8 Å². The van der Waals surface area contributed by atoms with Crippen LogP contribution < -0.4 is 5.32 Å². The normalized spacial score (nSPS) is 13.2. The van der Waals surface area contributed by atoms with Gasteiger partial charge in [0.15, 0.2) is 10.8 Å². The molecule has 1 N–H and O–H groups in total. The van der Waals surface area contributed by atoms with E-state index in [1.165, 1.54) is 25.2 Å². The van der Waals surface area contributed by atoms with Crippen molar-refractivity contribution < 1.29 is 18.0 Å². The average molecular weight is 433 g/mol. The largest absolute Gasteiger partial charge is 0.436 e. The number of nitrogens with one attached hydrogen (secondary N) is 1. The highest BCUT2D eigenvalue weighted by atomic mass is 79.9. The Bertz CT molecular complexity index is 917. The first kappa shape index (κ1) is 17.9. The molecule has 3 aromatic rings. The molecule has 0 aliphatic rings. The molecule has 0 aliphatic carbocycles. The summed E-state index contributed by atoms with van der Waals surface area (Å²) in [6, 6.07) is 6.45. The Hall–Kier alpha value is -1.94. The third-order valence-electron chi connectivity index (χ3n) is 3.62. The molecule has 0 aliphatic heterocycles. The molecule has 0 fully saturated rings. The molecule has 0 saturated heterocycles. The number of anilines is 1. The van der Waals surface area contributed by atoms with Crippen LogP contribution in [0.1, 0.15) is 24.4 Å². The van der Waals surface area contributed by atoms with Gasteiger partial charge in [-0.25, -0.2) is 4.98 Å². The van der Waals surface area contributed by atoms with Crippen LogP contribution in [0.15, 0.2) is 28.7 Å². The van der Waals surface area contributed by atoms with Crippen LogP contribution in [-0.2, 0) is 11.0 Å². The third-order valence-corrected chi connectivity index (χ3v) is 5.52. The van der Waals surface area contributed by atoms with Gasteiger partial charge < -0.3 is 5.32 Å². The van der Waals surface area contributed by atoms with E-state index in [4.69, 9.17) is 0 Å². The fourth-order valence-electron chi connectivity index (χ4n) is 2.30. The lowest BCUT2D eigenvalue weighted by atomic mass is 10.3. The monoisotopic (exact) mass is 432 g/mol. The second-order valence-corrected chi connectivity index (χ2v) is 7.17. The van der Waals surface area contributed by atoms with Crippen LogP contribution >= 0.6 is 27.3 Å². The molecule has 0 spiro atoms. The number of halogens is 4. The molecule has 132 valence electrons. The topological polar surface area (TPSA) is 59.8 Å². The maximum absolute atomic E-state index is 13.0. The molecule has 1 atom stereocenters. The molecule has 3 rings (SSSR count). The zero-order chi connectivity index (χ0) is 18.4.